The van der Waals surface area contributed by atoms with E-state index in [1.807, 2.05) is 33.8 Å². The van der Waals surface area contributed by atoms with Gasteiger partial charge in [0.2, 0.25) is 0 Å². The largest absolute Gasteiger partial charge is 0.494 e. The van der Waals surface area contributed by atoms with Crippen molar-refractivity contribution in [2.75, 3.05) is 38.8 Å². The molecule has 10 heteroatoms. The van der Waals surface area contributed by atoms with Gasteiger partial charge in [0, 0.05) is 42.9 Å². The summed E-state index contributed by atoms with van der Waals surface area (Å²) in [4.78, 5) is 41.6. The lowest BCUT2D eigenvalue weighted by molar-refractivity contribution is -0.137. The zero-order chi connectivity index (χ0) is 30.1. The maximum Gasteiger partial charge on any atom is 0.305 e. The summed E-state index contributed by atoms with van der Waals surface area (Å²) in [6, 6.07) is 6.92. The number of carbonyl (C=O) groups excluding carboxylic acids is 2. The third kappa shape index (κ3) is 6.01. The van der Waals surface area contributed by atoms with Crippen LogP contribution in [0.5, 0.6) is 11.5 Å². The van der Waals surface area contributed by atoms with Crippen LogP contribution in [0.2, 0.25) is 0 Å². The topological polar surface area (TPSA) is 132 Å². The third-order valence-electron chi connectivity index (χ3n) is 7.74. The van der Waals surface area contributed by atoms with Crippen LogP contribution in [-0.2, 0) is 16.8 Å². The predicted molar refractivity (Wildman–Crippen MR) is 157 cm³/mol. The molecule has 1 fully saturated rings. The van der Waals surface area contributed by atoms with Crippen LogP contribution < -0.4 is 19.7 Å². The van der Waals surface area contributed by atoms with Crippen molar-refractivity contribution in [3.05, 3.63) is 52.1 Å². The Morgan fingerprint density at radius 1 is 1.17 bits per heavy atom. The van der Waals surface area contributed by atoms with Crippen molar-refractivity contribution in [2.24, 2.45) is 0 Å². The van der Waals surface area contributed by atoms with Gasteiger partial charge >= 0.3 is 5.97 Å². The Morgan fingerprint density at radius 2 is 1.90 bits per heavy atom. The quantitative estimate of drug-likeness (QED) is 0.366. The average Bonchev–Trinajstić information content (AvgIpc) is 3.49. The molecule has 0 aliphatic carbocycles. The minimum absolute atomic E-state index is 0.0111. The minimum Gasteiger partial charge on any atom is -0.494 e. The number of amides is 1. The number of hydrogen-bond donors (Lipinski definition) is 3. The van der Waals surface area contributed by atoms with Crippen molar-refractivity contribution in [1.29, 1.82) is 5.41 Å². The number of carboxylic acid groups (broad SMARTS) is 1. The molecule has 1 unspecified atom stereocenters. The molecule has 0 radical (unpaired) electrons. The highest BCUT2D eigenvalue weighted by Gasteiger charge is 2.34. The first kappa shape index (κ1) is 29.9. The number of ether oxygens (including phenoxy) is 2. The number of Topliss-reactive ketones (excluding diaryl/α,β-unsaturated/α-hetero) is 1. The molecule has 2 aromatic carbocycles. The molecule has 1 amide bonds. The molecule has 4 rings (SSSR count). The fourth-order valence-electron chi connectivity index (χ4n) is 5.74. The molecule has 3 N–H and O–H groups in total. The van der Waals surface area contributed by atoms with Crippen LogP contribution in [0.4, 0.5) is 5.69 Å². The lowest BCUT2D eigenvalue weighted by Gasteiger charge is -2.32. The van der Waals surface area contributed by atoms with Crippen molar-refractivity contribution in [3.63, 3.8) is 0 Å². The van der Waals surface area contributed by atoms with Gasteiger partial charge in [-0.05, 0) is 55.0 Å². The number of carbonyl (C=O) groups is 3. The Hall–Kier alpha value is -4.08. The first-order chi connectivity index (χ1) is 19.4. The third-order valence-corrected chi connectivity index (χ3v) is 7.74. The Morgan fingerprint density at radius 3 is 2.51 bits per heavy atom. The monoisotopic (exact) mass is 564 g/mol. The van der Waals surface area contributed by atoms with E-state index in [9.17, 15) is 19.5 Å². The van der Waals surface area contributed by atoms with E-state index in [2.05, 4.69) is 10.2 Å². The second kappa shape index (κ2) is 11.8. The number of amidine groups is 1. The van der Waals surface area contributed by atoms with E-state index in [0.717, 1.165) is 29.7 Å². The fraction of sp³-hybridized carbons (Fsp3) is 0.484. The van der Waals surface area contributed by atoms with Gasteiger partial charge in [0.1, 0.15) is 17.3 Å². The summed E-state index contributed by atoms with van der Waals surface area (Å²) >= 11 is 0. The summed E-state index contributed by atoms with van der Waals surface area (Å²) in [5, 5.41) is 20.9. The summed E-state index contributed by atoms with van der Waals surface area (Å²) in [6.45, 7) is 9.38. The van der Waals surface area contributed by atoms with Crippen LogP contribution in [0.25, 0.3) is 0 Å². The standard InChI is InChI=1S/C31H40N4O6/c1-7-41-26-13-19-16-34(29(32)21(19)15-22(26)30(39)33-5)17-25(36)18-11-23(31(2,3)4)28(40-6)24(12-18)35-10-8-9-20(35)14-27(37)38/h11-13,15,20,32H,7-10,14,16-17H2,1-6H3,(H,33,39)(H,37,38). The van der Waals surface area contributed by atoms with Gasteiger partial charge in [-0.15, -0.1) is 0 Å². The molecule has 2 aliphatic rings. The molecule has 1 atom stereocenters. The van der Waals surface area contributed by atoms with Crippen LogP contribution in [0.3, 0.4) is 0 Å². The van der Waals surface area contributed by atoms with E-state index in [-0.39, 0.29) is 41.9 Å². The Balaban J connectivity index is 1.68. The van der Waals surface area contributed by atoms with Crippen molar-refractivity contribution in [2.45, 2.75) is 65.0 Å². The first-order valence-electron chi connectivity index (χ1n) is 14.0. The van der Waals surface area contributed by atoms with E-state index in [1.54, 1.807) is 37.3 Å². The highest BCUT2D eigenvalue weighted by atomic mass is 16.5. The highest BCUT2D eigenvalue weighted by molar-refractivity contribution is 6.08. The van der Waals surface area contributed by atoms with Crippen molar-refractivity contribution in [1.82, 2.24) is 10.2 Å². The number of aliphatic carboxylic acids is 1. The number of anilines is 1. The number of rotatable bonds is 10. The van der Waals surface area contributed by atoms with Gasteiger partial charge in [0.15, 0.2) is 5.78 Å². The molecule has 2 heterocycles. The lowest BCUT2D eigenvalue weighted by atomic mass is 9.84. The molecule has 1 saturated heterocycles. The molecule has 220 valence electrons. The second-order valence-corrected chi connectivity index (χ2v) is 11.6. The Kier molecular flexibility index (Phi) is 8.60. The number of nitrogens with zero attached hydrogens (tertiary/aromatic N) is 2. The molecule has 2 aliphatic heterocycles. The normalized spacial score (nSPS) is 16.5. The SMILES string of the molecule is CCOc1cc2c(cc1C(=O)NC)C(=N)N(CC(=O)c1cc(N3CCCC3CC(=O)O)c(OC)c(C(C)(C)C)c1)C2. The first-order valence-corrected chi connectivity index (χ1v) is 14.0. The summed E-state index contributed by atoms with van der Waals surface area (Å²) in [5.74, 6) is -0.0547. The van der Waals surface area contributed by atoms with E-state index >= 15 is 0 Å². The van der Waals surface area contributed by atoms with Crippen molar-refractivity contribution < 1.29 is 29.0 Å². The number of carboxylic acids is 1. The van der Waals surface area contributed by atoms with Gasteiger partial charge in [-0.2, -0.15) is 0 Å². The molecule has 0 aromatic heterocycles. The highest BCUT2D eigenvalue weighted by Crippen LogP contribution is 2.43. The van der Waals surface area contributed by atoms with Crippen molar-refractivity contribution in [3.8, 4) is 11.5 Å². The maximum absolute atomic E-state index is 13.8. The molecule has 41 heavy (non-hydrogen) atoms. The van der Waals surface area contributed by atoms with E-state index < -0.39 is 5.97 Å². The molecular formula is C31H40N4O6. The molecule has 0 saturated carbocycles. The summed E-state index contributed by atoms with van der Waals surface area (Å²) in [7, 11) is 3.15. The number of fused-ring (bicyclic) bond motifs is 1. The van der Waals surface area contributed by atoms with E-state index in [1.165, 1.54) is 0 Å². The summed E-state index contributed by atoms with van der Waals surface area (Å²) in [6.07, 6.45) is 1.62. The summed E-state index contributed by atoms with van der Waals surface area (Å²) < 4.78 is 11.6. The summed E-state index contributed by atoms with van der Waals surface area (Å²) in [5.41, 5.74) is 3.48. The lowest BCUT2D eigenvalue weighted by Crippen LogP contribution is -2.33. The van der Waals surface area contributed by atoms with Gasteiger partial charge in [0.25, 0.3) is 5.91 Å². The number of ketones is 1. The van der Waals surface area contributed by atoms with Gasteiger partial charge in [0.05, 0.1) is 37.9 Å². The van der Waals surface area contributed by atoms with Crippen LogP contribution >= 0.6 is 0 Å². The minimum atomic E-state index is -0.858. The van der Waals surface area contributed by atoms with E-state index in [0.29, 0.717) is 47.9 Å². The fourth-order valence-corrected chi connectivity index (χ4v) is 5.74. The number of methoxy groups -OCH3 is 1. The zero-order valence-electron chi connectivity index (χ0n) is 24.7. The van der Waals surface area contributed by atoms with Crippen LogP contribution in [0.1, 0.15) is 84.4 Å². The molecule has 2 aromatic rings. The number of nitrogens with one attached hydrogen (secondary N) is 2. The van der Waals surface area contributed by atoms with Crippen LogP contribution in [-0.4, -0.2) is 73.4 Å². The van der Waals surface area contributed by atoms with Crippen molar-refractivity contribution >= 4 is 29.2 Å². The molecular weight excluding hydrogens is 524 g/mol. The Labute approximate surface area is 241 Å². The van der Waals surface area contributed by atoms with Gasteiger partial charge in [-0.25, -0.2) is 0 Å². The maximum atomic E-state index is 13.8. The van der Waals surface area contributed by atoms with Gasteiger partial charge in [-0.1, -0.05) is 20.8 Å². The number of benzene rings is 2. The van der Waals surface area contributed by atoms with Crippen LogP contribution in [0, 0.1) is 5.41 Å². The van der Waals surface area contributed by atoms with Gasteiger partial charge < -0.3 is 29.7 Å². The molecule has 10 nitrogen and oxygen atoms in total. The smallest absolute Gasteiger partial charge is 0.305 e. The van der Waals surface area contributed by atoms with Gasteiger partial charge in [-0.3, -0.25) is 19.8 Å². The number of hydrogen-bond acceptors (Lipinski definition) is 7. The predicted octanol–water partition coefficient (Wildman–Crippen LogP) is 4.22. The zero-order valence-corrected chi connectivity index (χ0v) is 24.7. The Bertz CT molecular complexity index is 1380. The van der Waals surface area contributed by atoms with E-state index in [4.69, 9.17) is 14.9 Å². The average molecular weight is 565 g/mol. The molecule has 0 spiro atoms. The second-order valence-electron chi connectivity index (χ2n) is 11.6. The molecule has 0 bridgehead atoms. The van der Waals surface area contributed by atoms with Crippen LogP contribution in [0.15, 0.2) is 24.3 Å².